The van der Waals surface area contributed by atoms with E-state index in [1.165, 1.54) is 5.69 Å². The number of pyridine rings is 1. The van der Waals surface area contributed by atoms with E-state index in [1.807, 2.05) is 43.1 Å². The van der Waals surface area contributed by atoms with E-state index in [9.17, 15) is 0 Å². The largest absolute Gasteiger partial charge is 0.339 e. The lowest BCUT2D eigenvalue weighted by Gasteiger charge is -2.28. The maximum Gasteiger partial charge on any atom is 0.160 e. The van der Waals surface area contributed by atoms with Gasteiger partial charge < -0.3 is 9.47 Å². The predicted molar refractivity (Wildman–Crippen MR) is 116 cm³/mol. The van der Waals surface area contributed by atoms with Gasteiger partial charge >= 0.3 is 0 Å². The summed E-state index contributed by atoms with van der Waals surface area (Å²) in [5, 5.41) is 2.47. The van der Waals surface area contributed by atoms with Crippen molar-refractivity contribution in [3.63, 3.8) is 0 Å². The average molecular weight is 409 g/mol. The zero-order chi connectivity index (χ0) is 19.3. The summed E-state index contributed by atoms with van der Waals surface area (Å²) < 4.78 is 2.26. The Labute approximate surface area is 174 Å². The van der Waals surface area contributed by atoms with Crippen molar-refractivity contribution in [1.29, 1.82) is 0 Å². The lowest BCUT2D eigenvalue weighted by Crippen LogP contribution is -2.30. The van der Waals surface area contributed by atoms with Crippen molar-refractivity contribution in [2.45, 2.75) is 31.2 Å². The fraction of sp³-hybridized carbons (Fsp3) is 0.273. The van der Waals surface area contributed by atoms with E-state index >= 15 is 0 Å². The second-order valence-electron chi connectivity index (χ2n) is 7.37. The van der Waals surface area contributed by atoms with Crippen molar-refractivity contribution in [2.75, 3.05) is 6.54 Å². The molecule has 3 unspecified atom stereocenters. The summed E-state index contributed by atoms with van der Waals surface area (Å²) >= 11 is 8.12. The van der Waals surface area contributed by atoms with Crippen molar-refractivity contribution >= 4 is 28.5 Å². The molecule has 6 heteroatoms. The number of aryl methyl sites for hydroxylation is 1. The minimum Gasteiger partial charge on any atom is -0.339 e. The number of nitrogens with zero attached hydrogens (tertiary/aromatic N) is 4. The number of fused-ring (bicyclic) bond motifs is 1. The molecule has 1 saturated heterocycles. The minimum absolute atomic E-state index is 0.00162. The maximum absolute atomic E-state index is 6.25. The lowest BCUT2D eigenvalue weighted by molar-refractivity contribution is 0.312. The van der Waals surface area contributed by atoms with E-state index in [4.69, 9.17) is 16.6 Å². The first-order valence-corrected chi connectivity index (χ1v) is 10.7. The standard InChI is InChI=1S/C22H21ClN4S/c1-14-12-16(8-9-17(14)23)26-11-5-7-19(26)21-20(18-6-3-4-10-24-18)25-22-27(21)13-15(2)28-22/h3-12,15,20-21H,13H2,1-2H3. The molecule has 4 heterocycles. The van der Waals surface area contributed by atoms with Crippen LogP contribution in [0.25, 0.3) is 5.69 Å². The Balaban J connectivity index is 1.61. The monoisotopic (exact) mass is 408 g/mol. The maximum atomic E-state index is 6.25. The number of aliphatic imine (C=N–C) groups is 1. The van der Waals surface area contributed by atoms with Gasteiger partial charge in [0.05, 0.1) is 11.7 Å². The summed E-state index contributed by atoms with van der Waals surface area (Å²) in [6, 6.07) is 16.7. The average Bonchev–Trinajstić information content (AvgIpc) is 3.38. The van der Waals surface area contributed by atoms with Gasteiger partial charge in [0.1, 0.15) is 6.04 Å². The Bertz CT molecular complexity index is 1050. The van der Waals surface area contributed by atoms with Crippen LogP contribution in [-0.2, 0) is 0 Å². The van der Waals surface area contributed by atoms with E-state index in [1.54, 1.807) is 0 Å². The summed E-state index contributed by atoms with van der Waals surface area (Å²) in [5.74, 6) is 0. The second-order valence-corrected chi connectivity index (χ2v) is 9.19. The van der Waals surface area contributed by atoms with Crippen molar-refractivity contribution in [1.82, 2.24) is 14.5 Å². The van der Waals surface area contributed by atoms with Crippen LogP contribution < -0.4 is 0 Å². The molecule has 0 saturated carbocycles. The molecule has 0 aliphatic carbocycles. The molecule has 1 aromatic carbocycles. The molecule has 3 atom stereocenters. The molecule has 0 N–H and O–H groups in total. The molecule has 2 aliphatic rings. The van der Waals surface area contributed by atoms with Crippen LogP contribution >= 0.6 is 23.4 Å². The molecular weight excluding hydrogens is 388 g/mol. The molecule has 2 aromatic heterocycles. The third-order valence-electron chi connectivity index (χ3n) is 5.38. The molecule has 28 heavy (non-hydrogen) atoms. The molecule has 4 nitrogen and oxygen atoms in total. The van der Waals surface area contributed by atoms with Crippen LogP contribution in [0.2, 0.25) is 5.02 Å². The molecule has 2 aliphatic heterocycles. The SMILES string of the molecule is Cc1cc(-n2cccc2C2C(c3ccccn3)N=C3SC(C)CN32)ccc1Cl. The van der Waals surface area contributed by atoms with Gasteiger partial charge in [-0.3, -0.25) is 9.98 Å². The molecule has 1 fully saturated rings. The van der Waals surface area contributed by atoms with Gasteiger partial charge in [-0.2, -0.15) is 0 Å². The molecule has 0 radical (unpaired) electrons. The van der Waals surface area contributed by atoms with Crippen LogP contribution in [0.15, 0.2) is 65.9 Å². The van der Waals surface area contributed by atoms with Gasteiger partial charge in [0.2, 0.25) is 0 Å². The third-order valence-corrected chi connectivity index (χ3v) is 6.91. The summed E-state index contributed by atoms with van der Waals surface area (Å²) in [6.07, 6.45) is 3.98. The second kappa shape index (κ2) is 6.98. The highest BCUT2D eigenvalue weighted by Crippen LogP contribution is 2.47. The first kappa shape index (κ1) is 17.8. The Morgan fingerprint density at radius 2 is 2.04 bits per heavy atom. The van der Waals surface area contributed by atoms with Crippen LogP contribution in [0.4, 0.5) is 0 Å². The van der Waals surface area contributed by atoms with Crippen LogP contribution in [0.5, 0.6) is 0 Å². The third kappa shape index (κ3) is 2.93. The minimum atomic E-state index is -0.00162. The Morgan fingerprint density at radius 1 is 1.14 bits per heavy atom. The van der Waals surface area contributed by atoms with Gasteiger partial charge in [0.25, 0.3) is 0 Å². The van der Waals surface area contributed by atoms with Crippen molar-refractivity contribution < 1.29 is 0 Å². The quantitative estimate of drug-likeness (QED) is 0.579. The highest BCUT2D eigenvalue weighted by Gasteiger charge is 2.44. The molecule has 142 valence electrons. The highest BCUT2D eigenvalue weighted by atomic mass is 35.5. The zero-order valence-electron chi connectivity index (χ0n) is 15.8. The molecule has 0 spiro atoms. The number of aromatic nitrogens is 2. The topological polar surface area (TPSA) is 33.4 Å². The molecule has 0 bridgehead atoms. The first-order valence-electron chi connectivity index (χ1n) is 9.47. The molecule has 3 aromatic rings. The van der Waals surface area contributed by atoms with Gasteiger partial charge in [-0.15, -0.1) is 0 Å². The van der Waals surface area contributed by atoms with Crippen LogP contribution in [-0.4, -0.2) is 31.4 Å². The number of hydrogen-bond acceptors (Lipinski definition) is 4. The zero-order valence-corrected chi connectivity index (χ0v) is 17.4. The Morgan fingerprint density at radius 3 is 2.82 bits per heavy atom. The van der Waals surface area contributed by atoms with E-state index in [-0.39, 0.29) is 12.1 Å². The summed E-state index contributed by atoms with van der Waals surface area (Å²) in [5.41, 5.74) is 4.44. The Hall–Kier alpha value is -2.24. The first-order chi connectivity index (χ1) is 13.6. The fourth-order valence-corrected chi connectivity index (χ4v) is 5.30. The predicted octanol–water partition coefficient (Wildman–Crippen LogP) is 5.42. The number of hydrogen-bond donors (Lipinski definition) is 0. The number of thioether (sulfide) groups is 1. The van der Waals surface area contributed by atoms with Gasteiger partial charge in [-0.1, -0.05) is 36.4 Å². The smallest absolute Gasteiger partial charge is 0.160 e. The lowest BCUT2D eigenvalue weighted by atomic mass is 10.0. The van der Waals surface area contributed by atoms with Crippen molar-refractivity contribution in [2.24, 2.45) is 4.99 Å². The number of benzene rings is 1. The van der Waals surface area contributed by atoms with Gasteiger partial charge in [0.15, 0.2) is 5.17 Å². The van der Waals surface area contributed by atoms with E-state index < -0.39 is 0 Å². The number of halogens is 1. The van der Waals surface area contributed by atoms with Crippen LogP contribution in [0.3, 0.4) is 0 Å². The van der Waals surface area contributed by atoms with E-state index in [2.05, 4.69) is 57.9 Å². The van der Waals surface area contributed by atoms with Gasteiger partial charge in [-0.05, 0) is 55.0 Å². The molecule has 0 amide bonds. The summed E-state index contributed by atoms with van der Waals surface area (Å²) in [6.45, 7) is 5.31. The molecular formula is C22H21ClN4S. The summed E-state index contributed by atoms with van der Waals surface area (Å²) in [7, 11) is 0. The van der Waals surface area contributed by atoms with E-state index in [0.717, 1.165) is 33.7 Å². The van der Waals surface area contributed by atoms with Crippen molar-refractivity contribution in [3.05, 3.63) is 82.9 Å². The van der Waals surface area contributed by atoms with Crippen LogP contribution in [0, 0.1) is 6.92 Å². The summed E-state index contributed by atoms with van der Waals surface area (Å²) in [4.78, 5) is 12.2. The highest BCUT2D eigenvalue weighted by molar-refractivity contribution is 8.14. The Kier molecular flexibility index (Phi) is 4.44. The number of amidine groups is 1. The number of rotatable bonds is 3. The normalized spacial score (nSPS) is 23.8. The molecule has 5 rings (SSSR count). The van der Waals surface area contributed by atoms with Gasteiger partial charge in [0, 0.05) is 40.6 Å². The van der Waals surface area contributed by atoms with Crippen molar-refractivity contribution in [3.8, 4) is 5.69 Å². The van der Waals surface area contributed by atoms with Gasteiger partial charge in [-0.25, -0.2) is 0 Å². The van der Waals surface area contributed by atoms with E-state index in [0.29, 0.717) is 5.25 Å². The fourth-order valence-electron chi connectivity index (χ4n) is 4.09. The van der Waals surface area contributed by atoms with Crippen LogP contribution in [0.1, 0.15) is 36.0 Å².